The number of ether oxygens (including phenoxy) is 2. The fraction of sp³-hybridized carbons (Fsp3) is 0.423. The number of amides is 2. The van der Waals surface area contributed by atoms with Crippen molar-refractivity contribution in [3.8, 4) is 18.1 Å². The summed E-state index contributed by atoms with van der Waals surface area (Å²) in [7, 11) is 1.53. The second-order valence-corrected chi connectivity index (χ2v) is 7.68. The molecule has 0 aromatic heterocycles. The van der Waals surface area contributed by atoms with Gasteiger partial charge in [-0.15, -0.1) is 6.42 Å². The first-order valence-electron chi connectivity index (χ1n) is 10.8. The quantitative estimate of drug-likeness (QED) is 0.250. The number of rotatable bonds is 8. The number of nitrogens with one attached hydrogen (secondary N) is 2. The summed E-state index contributed by atoms with van der Waals surface area (Å²) >= 11 is 6.05. The van der Waals surface area contributed by atoms with Gasteiger partial charge in [-0.2, -0.15) is 0 Å². The maximum Gasteiger partial charge on any atom is 0.318 e. The fourth-order valence-electron chi connectivity index (χ4n) is 2.06. The van der Waals surface area contributed by atoms with E-state index < -0.39 is 5.60 Å². The van der Waals surface area contributed by atoms with Crippen molar-refractivity contribution in [3.05, 3.63) is 59.6 Å². The van der Waals surface area contributed by atoms with Crippen molar-refractivity contribution in [1.82, 2.24) is 5.32 Å². The lowest BCUT2D eigenvalue weighted by Gasteiger charge is -2.19. The third-order valence-electron chi connectivity index (χ3n) is 4.02. The highest BCUT2D eigenvalue weighted by molar-refractivity contribution is 6.32. The molecule has 0 spiro atoms. The molecule has 6 heteroatoms. The monoisotopic (exact) mass is 460 g/mol. The molecule has 0 aliphatic carbocycles. The summed E-state index contributed by atoms with van der Waals surface area (Å²) in [4.78, 5) is 11.2. The smallest absolute Gasteiger partial charge is 0.318 e. The van der Waals surface area contributed by atoms with Crippen molar-refractivity contribution in [2.45, 2.75) is 59.0 Å². The molecular weight excluding hydrogens is 424 g/mol. The lowest BCUT2D eigenvalue weighted by molar-refractivity contribution is -0.0550. The Kier molecular flexibility index (Phi) is 16.4. The molecule has 0 heterocycles. The lowest BCUT2D eigenvalue weighted by Crippen LogP contribution is -2.24. The molecule has 0 aliphatic rings. The number of halogens is 1. The van der Waals surface area contributed by atoms with E-state index in [-0.39, 0.29) is 12.8 Å². The molecule has 2 amide bonds. The molecule has 2 N–H and O–H groups in total. The molecule has 32 heavy (non-hydrogen) atoms. The van der Waals surface area contributed by atoms with Crippen LogP contribution in [-0.2, 0) is 4.74 Å². The van der Waals surface area contributed by atoms with Gasteiger partial charge in [-0.05, 0) is 32.0 Å². The van der Waals surface area contributed by atoms with E-state index >= 15 is 0 Å². The van der Waals surface area contributed by atoms with Crippen molar-refractivity contribution in [3.63, 3.8) is 0 Å². The molecule has 2 aromatic rings. The normalized spacial score (nSPS) is 9.78. The molecular formula is C26H37ClN2O3. The molecule has 0 saturated heterocycles. The largest absolute Gasteiger partial charge is 0.466 e. The van der Waals surface area contributed by atoms with Crippen LogP contribution >= 0.6 is 11.6 Å². The zero-order valence-electron chi connectivity index (χ0n) is 19.9. The molecule has 0 bridgehead atoms. The number of anilines is 1. The lowest BCUT2D eigenvalue weighted by atomic mass is 10.2. The van der Waals surface area contributed by atoms with Gasteiger partial charge in [-0.3, -0.25) is 0 Å². The first-order chi connectivity index (χ1) is 15.3. The van der Waals surface area contributed by atoms with Crippen molar-refractivity contribution < 1.29 is 14.3 Å². The Morgan fingerprint density at radius 1 is 1.06 bits per heavy atom. The van der Waals surface area contributed by atoms with Crippen LogP contribution in [0.1, 0.15) is 53.4 Å². The maximum atomic E-state index is 11.2. The van der Waals surface area contributed by atoms with Gasteiger partial charge in [-0.25, -0.2) is 4.79 Å². The SMILES string of the molecule is C#CC(C)(C)OCOc1ccc(NC(=O)NC)cc1Cl.CCCCCC.c1ccccc1. The third kappa shape index (κ3) is 15.2. The van der Waals surface area contributed by atoms with Crippen molar-refractivity contribution in [2.75, 3.05) is 19.2 Å². The van der Waals surface area contributed by atoms with Crippen LogP contribution in [0.3, 0.4) is 0 Å². The van der Waals surface area contributed by atoms with Gasteiger partial charge in [-0.1, -0.05) is 93.5 Å². The summed E-state index contributed by atoms with van der Waals surface area (Å²) in [6.07, 6.45) is 10.8. The van der Waals surface area contributed by atoms with Crippen molar-refractivity contribution in [1.29, 1.82) is 0 Å². The van der Waals surface area contributed by atoms with Crippen molar-refractivity contribution >= 4 is 23.3 Å². The average Bonchev–Trinajstić information content (AvgIpc) is 2.81. The Morgan fingerprint density at radius 3 is 2.00 bits per heavy atom. The van der Waals surface area contributed by atoms with E-state index in [0.717, 1.165) is 0 Å². The van der Waals surface area contributed by atoms with Gasteiger partial charge in [0.25, 0.3) is 0 Å². The molecule has 2 aromatic carbocycles. The summed E-state index contributed by atoms with van der Waals surface area (Å²) in [5.41, 5.74) is -0.140. The molecule has 5 nitrogen and oxygen atoms in total. The number of urea groups is 1. The summed E-state index contributed by atoms with van der Waals surface area (Å²) in [5, 5.41) is 5.41. The highest BCUT2D eigenvalue weighted by atomic mass is 35.5. The van der Waals surface area contributed by atoms with E-state index in [1.807, 2.05) is 36.4 Å². The minimum Gasteiger partial charge on any atom is -0.466 e. The minimum absolute atomic E-state index is 0.0147. The molecule has 0 fully saturated rings. The highest BCUT2D eigenvalue weighted by Gasteiger charge is 2.14. The van der Waals surface area contributed by atoms with Gasteiger partial charge < -0.3 is 20.1 Å². The minimum atomic E-state index is -0.701. The second kappa shape index (κ2) is 17.9. The molecule has 0 unspecified atom stereocenters. The van der Waals surface area contributed by atoms with E-state index in [9.17, 15) is 4.79 Å². The highest BCUT2D eigenvalue weighted by Crippen LogP contribution is 2.28. The predicted octanol–water partition coefficient (Wildman–Crippen LogP) is 7.13. The number of carbonyl (C=O) groups is 1. The van der Waals surface area contributed by atoms with E-state index in [4.69, 9.17) is 27.5 Å². The first-order valence-corrected chi connectivity index (χ1v) is 11.2. The maximum absolute atomic E-state index is 11.2. The van der Waals surface area contributed by atoms with E-state index in [0.29, 0.717) is 16.5 Å². The number of hydrogen-bond donors (Lipinski definition) is 2. The number of terminal acetylenes is 1. The second-order valence-electron chi connectivity index (χ2n) is 7.27. The molecule has 2 rings (SSSR count). The van der Waals surface area contributed by atoms with Crippen LogP contribution in [-0.4, -0.2) is 25.5 Å². The van der Waals surface area contributed by atoms with Gasteiger partial charge in [0.05, 0.1) is 5.02 Å². The first kappa shape index (κ1) is 29.3. The summed E-state index contributed by atoms with van der Waals surface area (Å²) in [6.45, 7) is 7.97. The zero-order valence-corrected chi connectivity index (χ0v) is 20.7. The van der Waals surface area contributed by atoms with E-state index in [1.54, 1.807) is 32.0 Å². The average molecular weight is 461 g/mol. The van der Waals surface area contributed by atoms with Gasteiger partial charge in [0.15, 0.2) is 6.79 Å². The van der Waals surface area contributed by atoms with Crippen LogP contribution in [0.25, 0.3) is 0 Å². The number of benzene rings is 2. The fourth-order valence-corrected chi connectivity index (χ4v) is 2.29. The van der Waals surface area contributed by atoms with Crippen LogP contribution < -0.4 is 15.4 Å². The Labute approximate surface area is 198 Å². The van der Waals surface area contributed by atoms with Crippen LogP contribution in [0, 0.1) is 12.3 Å². The Bertz CT molecular complexity index is 759. The zero-order chi connectivity index (χ0) is 24.2. The number of unbranched alkanes of at least 4 members (excludes halogenated alkanes) is 3. The van der Waals surface area contributed by atoms with Crippen LogP contribution in [0.5, 0.6) is 5.75 Å². The summed E-state index contributed by atoms with van der Waals surface area (Å²) < 4.78 is 10.7. The molecule has 0 radical (unpaired) electrons. The molecule has 0 atom stereocenters. The molecule has 0 saturated carbocycles. The van der Waals surface area contributed by atoms with Gasteiger partial charge in [0, 0.05) is 12.7 Å². The summed E-state index contributed by atoms with van der Waals surface area (Å²) in [6, 6.07) is 16.6. The van der Waals surface area contributed by atoms with Gasteiger partial charge in [0.2, 0.25) is 0 Å². The van der Waals surface area contributed by atoms with Gasteiger partial charge >= 0.3 is 6.03 Å². The van der Waals surface area contributed by atoms with Gasteiger partial charge in [0.1, 0.15) is 11.4 Å². The van der Waals surface area contributed by atoms with Crippen LogP contribution in [0.4, 0.5) is 10.5 Å². The predicted molar refractivity (Wildman–Crippen MR) is 135 cm³/mol. The summed E-state index contributed by atoms with van der Waals surface area (Å²) in [5.74, 6) is 2.94. The topological polar surface area (TPSA) is 59.6 Å². The Morgan fingerprint density at radius 2 is 1.59 bits per heavy atom. The van der Waals surface area contributed by atoms with Crippen molar-refractivity contribution in [2.24, 2.45) is 0 Å². The third-order valence-corrected chi connectivity index (χ3v) is 4.32. The number of hydrogen-bond acceptors (Lipinski definition) is 3. The Hall–Kier alpha value is -2.68. The van der Waals surface area contributed by atoms with E-state index in [2.05, 4.69) is 30.4 Å². The molecule has 176 valence electrons. The van der Waals surface area contributed by atoms with Crippen LogP contribution in [0.2, 0.25) is 5.02 Å². The van der Waals surface area contributed by atoms with Crippen LogP contribution in [0.15, 0.2) is 54.6 Å². The molecule has 0 aliphatic heterocycles. The number of carbonyl (C=O) groups excluding carboxylic acids is 1. The standard InChI is InChI=1S/C14H17ClN2O3.C6H6.C6H14/c1-5-14(2,3)20-9-19-12-7-6-10(8-11(12)15)17-13(18)16-4;1-2-4-6-5-3-1;1-3-5-6-4-2/h1,6-8H,9H2,2-4H3,(H2,16,17,18);1-6H;3-6H2,1-2H3. The Balaban J connectivity index is 0.000000648. The van der Waals surface area contributed by atoms with E-state index in [1.165, 1.54) is 32.7 Å².